The Bertz CT molecular complexity index is 1650. The molecule has 0 bridgehead atoms. The van der Waals surface area contributed by atoms with Gasteiger partial charge >= 0.3 is 0 Å². The fraction of sp³-hybridized carbons (Fsp3) is 0.259. The molecule has 1 saturated carbocycles. The third kappa shape index (κ3) is 4.42. The molecular formula is C27H25N5O4S. The first kappa shape index (κ1) is 23.5. The van der Waals surface area contributed by atoms with Crippen molar-refractivity contribution in [3.63, 3.8) is 0 Å². The number of pyridine rings is 3. The first-order chi connectivity index (χ1) is 17.8. The molecular weight excluding hydrogens is 490 g/mol. The lowest BCUT2D eigenvalue weighted by atomic mass is 10.0. The van der Waals surface area contributed by atoms with Crippen molar-refractivity contribution in [3.05, 3.63) is 82.8 Å². The van der Waals surface area contributed by atoms with Gasteiger partial charge in [-0.2, -0.15) is 0 Å². The second kappa shape index (κ2) is 8.89. The molecule has 4 aromatic rings. The number of nitrogen functional groups attached to an aromatic ring is 1. The number of aromatic nitrogens is 3. The number of fused-ring (bicyclic) bond motifs is 3. The highest BCUT2D eigenvalue weighted by Crippen LogP contribution is 2.39. The smallest absolute Gasteiger partial charge is 0.260 e. The van der Waals surface area contributed by atoms with E-state index >= 15 is 0 Å². The molecule has 0 radical (unpaired) electrons. The summed E-state index contributed by atoms with van der Waals surface area (Å²) in [6, 6.07) is 12.5. The lowest BCUT2D eigenvalue weighted by molar-refractivity contribution is 0.0984. The predicted octanol–water partition coefficient (Wildman–Crippen LogP) is 3.77. The molecule has 1 amide bonds. The van der Waals surface area contributed by atoms with Crippen LogP contribution in [-0.2, 0) is 34.3 Å². The van der Waals surface area contributed by atoms with Crippen LogP contribution in [0.1, 0.15) is 51.5 Å². The van der Waals surface area contributed by atoms with Gasteiger partial charge in [0.05, 0.1) is 36.5 Å². The van der Waals surface area contributed by atoms with Crippen LogP contribution in [0.25, 0.3) is 10.9 Å². The van der Waals surface area contributed by atoms with Gasteiger partial charge in [-0.1, -0.05) is 12.1 Å². The lowest BCUT2D eigenvalue weighted by Crippen LogP contribution is -2.32. The number of anilines is 2. The largest absolute Gasteiger partial charge is 0.383 e. The van der Waals surface area contributed by atoms with Crippen molar-refractivity contribution in [2.75, 3.05) is 16.9 Å². The Balaban J connectivity index is 1.42. The molecule has 188 valence electrons. The van der Waals surface area contributed by atoms with Crippen LogP contribution in [0.15, 0.2) is 59.9 Å². The summed E-state index contributed by atoms with van der Waals surface area (Å²) in [6.07, 6.45) is 6.26. The van der Waals surface area contributed by atoms with Gasteiger partial charge in [-0.25, -0.2) is 18.4 Å². The molecule has 6 rings (SSSR count). The highest BCUT2D eigenvalue weighted by atomic mass is 32.2. The minimum absolute atomic E-state index is 0.0997. The number of rotatable bonds is 6. The number of nitrogens with two attached hydrogens (primary N) is 1. The number of hydrogen-bond acceptors (Lipinski definition) is 8. The van der Waals surface area contributed by atoms with Gasteiger partial charge in [0.15, 0.2) is 14.9 Å². The van der Waals surface area contributed by atoms with Crippen molar-refractivity contribution in [1.29, 1.82) is 0 Å². The van der Waals surface area contributed by atoms with Gasteiger partial charge in [0.25, 0.3) is 5.91 Å². The monoisotopic (exact) mass is 515 g/mol. The molecule has 1 aliphatic heterocycles. The minimum atomic E-state index is -3.71. The van der Waals surface area contributed by atoms with E-state index in [1.165, 1.54) is 11.1 Å². The van der Waals surface area contributed by atoms with Crippen LogP contribution in [0.4, 0.5) is 11.5 Å². The van der Waals surface area contributed by atoms with Crippen molar-refractivity contribution >= 4 is 38.2 Å². The SMILES string of the molecule is CS(=O)(=O)c1ncccc1N(Cc1ccc2c3c(c(N)nc2c1)COC3)C(=O)c1ccc(C2CC2)nc1. The molecule has 3 aromatic heterocycles. The van der Waals surface area contributed by atoms with E-state index in [0.717, 1.165) is 46.9 Å². The molecule has 10 heteroatoms. The van der Waals surface area contributed by atoms with Gasteiger partial charge < -0.3 is 15.4 Å². The van der Waals surface area contributed by atoms with E-state index in [0.29, 0.717) is 36.0 Å². The molecule has 1 aromatic carbocycles. The molecule has 0 unspecified atom stereocenters. The zero-order valence-electron chi connectivity index (χ0n) is 20.2. The van der Waals surface area contributed by atoms with E-state index in [4.69, 9.17) is 10.5 Å². The Hall–Kier alpha value is -3.89. The average Bonchev–Trinajstić information content (AvgIpc) is 3.62. The zero-order valence-corrected chi connectivity index (χ0v) is 21.0. The lowest BCUT2D eigenvalue weighted by Gasteiger charge is -2.25. The molecule has 2 N–H and O–H groups in total. The summed E-state index contributed by atoms with van der Waals surface area (Å²) in [4.78, 5) is 28.4. The summed E-state index contributed by atoms with van der Waals surface area (Å²) in [5.41, 5.74) is 11.1. The first-order valence-corrected chi connectivity index (χ1v) is 13.9. The van der Waals surface area contributed by atoms with E-state index in [9.17, 15) is 13.2 Å². The summed E-state index contributed by atoms with van der Waals surface area (Å²) in [5, 5.41) is 0.783. The van der Waals surface area contributed by atoms with Crippen molar-refractivity contribution < 1.29 is 17.9 Å². The van der Waals surface area contributed by atoms with Crippen LogP contribution in [-0.4, -0.2) is 35.5 Å². The molecule has 0 saturated heterocycles. The van der Waals surface area contributed by atoms with Gasteiger partial charge in [-0.3, -0.25) is 9.78 Å². The Morgan fingerprint density at radius 1 is 1.11 bits per heavy atom. The maximum absolute atomic E-state index is 13.8. The van der Waals surface area contributed by atoms with E-state index < -0.39 is 9.84 Å². The fourth-order valence-electron chi connectivity index (χ4n) is 4.75. The number of hydrogen-bond donors (Lipinski definition) is 1. The molecule has 4 heterocycles. The van der Waals surface area contributed by atoms with Crippen LogP contribution >= 0.6 is 0 Å². The standard InChI is InChI=1S/C27H25N5O4S/c1-37(34,35)26-24(3-2-10-29-26)32(27(33)18-7-9-22(30-12-18)17-5-6-17)13-16-4-8-19-20-14-36-15-21(20)25(28)31-23(19)11-16/h2-4,7-12,17H,5-6,13-15H2,1H3,(H2,28,31). The van der Waals surface area contributed by atoms with Crippen LogP contribution in [0.5, 0.6) is 0 Å². The summed E-state index contributed by atoms with van der Waals surface area (Å²) >= 11 is 0. The average molecular weight is 516 g/mol. The number of amides is 1. The van der Waals surface area contributed by atoms with Crippen LogP contribution in [0.3, 0.4) is 0 Å². The molecule has 1 aliphatic carbocycles. The highest BCUT2D eigenvalue weighted by Gasteiger charge is 2.28. The van der Waals surface area contributed by atoms with Crippen molar-refractivity contribution in [1.82, 2.24) is 15.0 Å². The number of carbonyl (C=O) groups excluding carboxylic acids is 1. The molecule has 9 nitrogen and oxygen atoms in total. The quantitative estimate of drug-likeness (QED) is 0.411. The van der Waals surface area contributed by atoms with Crippen molar-refractivity contribution in [2.24, 2.45) is 0 Å². The van der Waals surface area contributed by atoms with Gasteiger partial charge in [0.1, 0.15) is 5.82 Å². The van der Waals surface area contributed by atoms with Crippen molar-refractivity contribution in [2.45, 2.75) is 43.5 Å². The minimum Gasteiger partial charge on any atom is -0.383 e. The van der Waals surface area contributed by atoms with E-state index in [1.54, 1.807) is 24.4 Å². The first-order valence-electron chi connectivity index (χ1n) is 12.0. The van der Waals surface area contributed by atoms with Crippen LogP contribution in [0.2, 0.25) is 0 Å². The number of nitrogens with zero attached hydrogens (tertiary/aromatic N) is 4. The number of sulfone groups is 1. The summed E-state index contributed by atoms with van der Waals surface area (Å²) in [6.45, 7) is 1.01. The van der Waals surface area contributed by atoms with Gasteiger partial charge in [-0.15, -0.1) is 0 Å². The third-order valence-corrected chi connectivity index (χ3v) is 7.82. The maximum Gasteiger partial charge on any atom is 0.260 e. The molecule has 37 heavy (non-hydrogen) atoms. The molecule has 2 aliphatic rings. The van der Waals surface area contributed by atoms with Gasteiger partial charge in [0, 0.05) is 41.2 Å². The van der Waals surface area contributed by atoms with E-state index in [2.05, 4.69) is 15.0 Å². The fourth-order valence-corrected chi connectivity index (χ4v) is 5.56. The Morgan fingerprint density at radius 3 is 2.65 bits per heavy atom. The molecule has 1 fully saturated rings. The normalized spacial score (nSPS) is 15.1. The number of carbonyl (C=O) groups is 1. The summed E-state index contributed by atoms with van der Waals surface area (Å²) in [7, 11) is -3.71. The summed E-state index contributed by atoms with van der Waals surface area (Å²) in [5.74, 6) is 0.515. The van der Waals surface area contributed by atoms with Gasteiger partial charge in [-0.05, 0) is 54.3 Å². The second-order valence-electron chi connectivity index (χ2n) is 9.54. The Kier molecular flexibility index (Phi) is 5.65. The zero-order chi connectivity index (χ0) is 25.7. The highest BCUT2D eigenvalue weighted by molar-refractivity contribution is 7.90. The predicted molar refractivity (Wildman–Crippen MR) is 139 cm³/mol. The second-order valence-corrected chi connectivity index (χ2v) is 11.5. The Labute approximate surface area is 214 Å². The molecule has 0 atom stereocenters. The van der Waals surface area contributed by atoms with Gasteiger partial charge in [0.2, 0.25) is 0 Å². The summed E-state index contributed by atoms with van der Waals surface area (Å²) < 4.78 is 30.7. The maximum atomic E-state index is 13.8. The number of benzene rings is 1. The Morgan fingerprint density at radius 2 is 1.92 bits per heavy atom. The van der Waals surface area contributed by atoms with E-state index in [1.807, 2.05) is 24.3 Å². The van der Waals surface area contributed by atoms with Crippen LogP contribution < -0.4 is 10.6 Å². The number of ether oxygens (including phenoxy) is 1. The topological polar surface area (TPSA) is 128 Å². The third-order valence-electron chi connectivity index (χ3n) is 6.80. The van der Waals surface area contributed by atoms with E-state index in [-0.39, 0.29) is 23.2 Å². The molecule has 0 spiro atoms. The van der Waals surface area contributed by atoms with Crippen molar-refractivity contribution in [3.8, 4) is 0 Å². The van der Waals surface area contributed by atoms with Crippen LogP contribution in [0, 0.1) is 0 Å².